The zero-order valence-corrected chi connectivity index (χ0v) is 58.4. The summed E-state index contributed by atoms with van der Waals surface area (Å²) in [5.74, 6) is 2.04. The van der Waals surface area contributed by atoms with Crippen molar-refractivity contribution in [2.45, 2.75) is 309 Å². The van der Waals surface area contributed by atoms with Crippen LogP contribution in [0.1, 0.15) is 317 Å². The Kier molecular flexibility index (Phi) is 70.2. The van der Waals surface area contributed by atoms with Crippen molar-refractivity contribution < 1.29 is 0 Å². The Labute approximate surface area is 600 Å². The molecular weight excluding hydrogens is 1170 g/mol. The first-order valence-corrected chi connectivity index (χ1v) is 31.3. The minimum atomic E-state index is 0. The van der Waals surface area contributed by atoms with Gasteiger partial charge in [0.1, 0.15) is 17.2 Å². The molecule has 0 N–H and O–H groups in total. The van der Waals surface area contributed by atoms with Crippen LogP contribution in [0.3, 0.4) is 0 Å². The fourth-order valence-corrected chi connectivity index (χ4v) is 10.6. The molecule has 552 valence electrons. The lowest BCUT2D eigenvalue weighted by Gasteiger charge is -2.04. The molecule has 0 aliphatic heterocycles. The van der Waals surface area contributed by atoms with Crippen molar-refractivity contribution in [2.24, 2.45) is 14.1 Å². The smallest absolute Gasteiger partial charge is 0.178 e. The van der Waals surface area contributed by atoms with E-state index in [1.807, 2.05) is 148 Å². The first kappa shape index (κ1) is 116. The Morgan fingerprint density at radius 3 is 1.15 bits per heavy atom. The normalized spacial score (nSPS) is 10.7. The van der Waals surface area contributed by atoms with Crippen LogP contribution in [0.2, 0.25) is 0 Å². The summed E-state index contributed by atoms with van der Waals surface area (Å²) in [4.78, 5) is 29.9. The van der Waals surface area contributed by atoms with Crippen molar-refractivity contribution >= 4 is 44.5 Å². The molecule has 12 rings (SSSR count). The molecule has 0 unspecified atom stereocenters. The first-order chi connectivity index (χ1) is 40.2. The zero-order chi connectivity index (χ0) is 64.3. The molecule has 8 aromatic rings. The highest BCUT2D eigenvalue weighted by atomic mass is 15.1. The van der Waals surface area contributed by atoms with E-state index in [-0.39, 0.29) is 89.1 Å². The monoisotopic (exact) mass is 1330 g/mol. The van der Waals surface area contributed by atoms with Crippen LogP contribution in [0, 0.1) is 55.4 Å². The van der Waals surface area contributed by atoms with Gasteiger partial charge < -0.3 is 9.13 Å². The van der Waals surface area contributed by atoms with E-state index in [1.54, 1.807) is 12.4 Å². The van der Waals surface area contributed by atoms with Gasteiger partial charge in [0, 0.05) is 74.5 Å². The van der Waals surface area contributed by atoms with Gasteiger partial charge in [-0.15, -0.1) is 0 Å². The second kappa shape index (κ2) is 58.1. The average Bonchev–Trinajstić information content (AvgIpc) is 1.86. The number of aryl methyl sites for hydroxylation is 10. The number of aromatic nitrogens is 9. The summed E-state index contributed by atoms with van der Waals surface area (Å²) in [7, 11) is 4.04. The van der Waals surface area contributed by atoms with Crippen LogP contribution < -0.4 is 0 Å². The lowest BCUT2D eigenvalue weighted by molar-refractivity contribution is 0.883. The third-order valence-corrected chi connectivity index (χ3v) is 15.3. The van der Waals surface area contributed by atoms with Crippen molar-refractivity contribution in [3.05, 3.63) is 192 Å². The molecule has 4 aliphatic rings. The fourth-order valence-electron chi connectivity index (χ4n) is 10.6. The molecule has 0 saturated heterocycles. The van der Waals surface area contributed by atoms with Crippen LogP contribution >= 0.6 is 0 Å². The molecule has 0 spiro atoms. The summed E-state index contributed by atoms with van der Waals surface area (Å²) in [6.07, 6.45) is 17.6. The quantitative estimate of drug-likeness (QED) is 0.149. The largest absolute Gasteiger partial charge is 0.331 e. The van der Waals surface area contributed by atoms with E-state index < -0.39 is 0 Å². The van der Waals surface area contributed by atoms with E-state index in [0.717, 1.165) is 54.0 Å². The summed E-state index contributed by atoms with van der Waals surface area (Å²) < 4.78 is 4.16. The molecule has 0 saturated carbocycles. The van der Waals surface area contributed by atoms with Crippen molar-refractivity contribution in [3.63, 3.8) is 0 Å². The summed E-state index contributed by atoms with van der Waals surface area (Å²) in [6.45, 7) is 58.3. The topological polar surface area (TPSA) is 100 Å². The maximum atomic E-state index is 4.38. The number of hydrogen-bond acceptors (Lipinski definition) is 7. The summed E-state index contributed by atoms with van der Waals surface area (Å²) in [5, 5.41) is 0. The van der Waals surface area contributed by atoms with Crippen LogP contribution in [-0.2, 0) is 39.8 Å². The van der Waals surface area contributed by atoms with E-state index >= 15 is 0 Å². The van der Waals surface area contributed by atoms with Gasteiger partial charge in [-0.3, -0.25) is 19.9 Å². The molecule has 1 aromatic carbocycles. The molecule has 9 heteroatoms. The molecule has 7 aromatic heterocycles. The maximum absolute atomic E-state index is 4.38. The number of allylic oxidation sites excluding steroid dienone is 8. The van der Waals surface area contributed by atoms with Crippen molar-refractivity contribution in [1.82, 2.24) is 44.0 Å². The Morgan fingerprint density at radius 1 is 0.312 bits per heavy atom. The number of benzene rings is 1. The van der Waals surface area contributed by atoms with Gasteiger partial charge >= 0.3 is 0 Å². The van der Waals surface area contributed by atoms with Crippen LogP contribution in [0.15, 0.2) is 102 Å². The molecule has 0 fully saturated rings. The third-order valence-electron chi connectivity index (χ3n) is 15.3. The molecule has 9 nitrogen and oxygen atoms in total. The van der Waals surface area contributed by atoms with Crippen LogP contribution in [-0.4, -0.2) is 44.0 Å². The Hall–Kier alpha value is -7.13. The van der Waals surface area contributed by atoms with E-state index in [1.165, 1.54) is 128 Å². The maximum Gasteiger partial charge on any atom is 0.178 e. The highest BCUT2D eigenvalue weighted by molar-refractivity contribution is 5.80. The van der Waals surface area contributed by atoms with Crippen LogP contribution in [0.4, 0.5) is 0 Å². The number of nitrogens with zero attached hydrogens (tertiary/aromatic N) is 9. The number of imidazole rings is 2. The van der Waals surface area contributed by atoms with Crippen LogP contribution in [0.5, 0.6) is 0 Å². The van der Waals surface area contributed by atoms with Crippen molar-refractivity contribution in [3.8, 4) is 0 Å². The average molecular weight is 1330 g/mol. The van der Waals surface area contributed by atoms with E-state index in [0.29, 0.717) is 0 Å². The first-order valence-electron chi connectivity index (χ1n) is 31.3. The van der Waals surface area contributed by atoms with Gasteiger partial charge in [-0.25, -0.2) is 15.0 Å². The molecule has 7 heterocycles. The molecule has 0 atom stereocenters. The molecular formula is C87H159N9. The minimum absolute atomic E-state index is 0. The Morgan fingerprint density at radius 2 is 0.688 bits per heavy atom. The van der Waals surface area contributed by atoms with Gasteiger partial charge in [0.15, 0.2) is 5.65 Å². The summed E-state index contributed by atoms with van der Waals surface area (Å²) >= 11 is 0. The molecule has 0 radical (unpaired) electrons. The minimum Gasteiger partial charge on any atom is -0.331 e. The fraction of sp³-hybridized carbons (Fsp3) is 0.529. The standard InChI is InChI=1S/C12H14.3C11H13N.2C9H11N3.6C2H6.12CH4/c1-8-5-4-6-11-7-9(2)10(3)12(8)11;1-7-4-10-6-12-5-8(2)11(10)9(7)3;1-7-6-10-4-5-12-9(3)11(10)8(7)2;1-7-4-5-12-10-6-8(2)9(3)11(7)10;1-6-4-10-5-8-9(6)12(3)7(2)11-8;1-6-4-5-10-9-8(6)12(3)7(2)11-9;6*1-2;;;;;;;;;;;;/h4-6H,7H2,1-3H3;5-6H,4H2,1-3H3;2*4-5H,6H2,1-3H3;2*4-5H,1-3H3;6*1-2H3;12*1H4. The van der Waals surface area contributed by atoms with Gasteiger partial charge in [0.05, 0.1) is 22.9 Å². The highest BCUT2D eigenvalue weighted by Crippen LogP contribution is 2.36. The summed E-state index contributed by atoms with van der Waals surface area (Å²) in [5.41, 5.74) is 34.8. The second-order valence-electron chi connectivity index (χ2n) is 20.4. The van der Waals surface area contributed by atoms with E-state index in [4.69, 9.17) is 0 Å². The Balaban J connectivity index is -0.0000000834. The zero-order valence-electron chi connectivity index (χ0n) is 58.4. The highest BCUT2D eigenvalue weighted by Gasteiger charge is 2.20. The summed E-state index contributed by atoms with van der Waals surface area (Å²) in [6, 6.07) is 12.8. The Bertz CT molecular complexity index is 3120. The third kappa shape index (κ3) is 28.9. The van der Waals surface area contributed by atoms with Crippen molar-refractivity contribution in [2.75, 3.05) is 0 Å². The molecule has 0 amide bonds. The van der Waals surface area contributed by atoms with Crippen LogP contribution in [0.25, 0.3) is 44.5 Å². The van der Waals surface area contributed by atoms with Gasteiger partial charge in [-0.1, -0.05) is 213 Å². The second-order valence-corrected chi connectivity index (χ2v) is 20.4. The van der Waals surface area contributed by atoms with Gasteiger partial charge in [-0.05, 0) is 226 Å². The molecule has 0 bridgehead atoms. The number of fused-ring (bicyclic) bond motifs is 6. The lowest BCUT2D eigenvalue weighted by Crippen LogP contribution is -1.92. The van der Waals surface area contributed by atoms with Crippen molar-refractivity contribution in [1.29, 1.82) is 0 Å². The van der Waals surface area contributed by atoms with E-state index in [9.17, 15) is 0 Å². The predicted molar refractivity (Wildman–Crippen MR) is 451 cm³/mol. The van der Waals surface area contributed by atoms with Gasteiger partial charge in [-0.2, -0.15) is 0 Å². The molecule has 96 heavy (non-hydrogen) atoms. The van der Waals surface area contributed by atoms with E-state index in [2.05, 4.69) is 171 Å². The van der Waals surface area contributed by atoms with Gasteiger partial charge in [0.2, 0.25) is 0 Å². The number of hydrogen-bond donors (Lipinski definition) is 0. The SMILES string of the molecule is C.C.C.C.C.C.C.C.C.C.C.C.CC.CC.CC.CC.CC.CC.CC1=C(C)c2c(C)cccc2C1.CC1=C(C)c2c(C)ccnc2C1.CC1=C(C)c2c(C)cncc2C1.CC1=C(C)c2c(ccnc2C)C1.Cc1ccnc2nc(C)n(C)c12.Cc1cncc2nc(C)n(C)c12. The van der Waals surface area contributed by atoms with Gasteiger partial charge in [0.25, 0.3) is 0 Å². The predicted octanol–water partition coefficient (Wildman–Crippen LogP) is 28.5. The lowest BCUT2D eigenvalue weighted by atomic mass is 10.0. The number of rotatable bonds is 0. The molecule has 4 aliphatic carbocycles. The number of pyridine rings is 5.